The summed E-state index contributed by atoms with van der Waals surface area (Å²) in [5.41, 5.74) is 0. The summed E-state index contributed by atoms with van der Waals surface area (Å²) < 4.78 is 13.5. The van der Waals surface area contributed by atoms with Gasteiger partial charge in [-0.1, -0.05) is 52.6 Å². The number of hydrogen-bond donors (Lipinski definition) is 0. The molecule has 3 heteroatoms. The zero-order chi connectivity index (χ0) is 10.5. The van der Waals surface area contributed by atoms with Crippen LogP contribution in [0.25, 0.3) is 0 Å². The van der Waals surface area contributed by atoms with Gasteiger partial charge < -0.3 is 0 Å². The molecule has 1 aromatic carbocycles. The van der Waals surface area contributed by atoms with E-state index in [-0.39, 0.29) is 5.25 Å². The van der Waals surface area contributed by atoms with E-state index in [1.165, 1.54) is 11.3 Å². The van der Waals surface area contributed by atoms with Gasteiger partial charge in [-0.3, -0.25) is 0 Å². The predicted octanol–water partition coefficient (Wildman–Crippen LogP) is 4.71. The second-order valence-corrected chi connectivity index (χ2v) is 6.34. The van der Waals surface area contributed by atoms with E-state index in [1.54, 1.807) is 21.6 Å². The highest BCUT2D eigenvalue weighted by Gasteiger charge is 2.25. The van der Waals surface area contributed by atoms with Gasteiger partial charge in [-0.15, -0.1) is 0 Å². The Morgan fingerprint density at radius 3 is 2.53 bits per heavy atom. The SMILES string of the molecule is FC1CCCCC1SSc1ccccc1. The van der Waals surface area contributed by atoms with Crippen LogP contribution in [0.2, 0.25) is 0 Å². The van der Waals surface area contributed by atoms with Gasteiger partial charge >= 0.3 is 0 Å². The molecule has 0 aromatic heterocycles. The van der Waals surface area contributed by atoms with E-state index in [0.717, 1.165) is 19.3 Å². The highest BCUT2D eigenvalue weighted by molar-refractivity contribution is 8.77. The summed E-state index contributed by atoms with van der Waals surface area (Å²) in [6.45, 7) is 0. The maximum absolute atomic E-state index is 13.5. The Morgan fingerprint density at radius 2 is 1.80 bits per heavy atom. The lowest BCUT2D eigenvalue weighted by Gasteiger charge is -2.24. The number of halogens is 1. The van der Waals surface area contributed by atoms with E-state index >= 15 is 0 Å². The molecule has 15 heavy (non-hydrogen) atoms. The van der Waals surface area contributed by atoms with Gasteiger partial charge in [0.05, 0.1) is 0 Å². The van der Waals surface area contributed by atoms with Crippen molar-refractivity contribution in [2.24, 2.45) is 0 Å². The normalized spacial score (nSPS) is 26.5. The van der Waals surface area contributed by atoms with Crippen LogP contribution >= 0.6 is 21.6 Å². The van der Waals surface area contributed by atoms with Crippen LogP contribution in [0.3, 0.4) is 0 Å². The average Bonchev–Trinajstić information content (AvgIpc) is 2.29. The van der Waals surface area contributed by atoms with Gasteiger partial charge in [0.15, 0.2) is 0 Å². The third-order valence-electron chi connectivity index (χ3n) is 2.63. The monoisotopic (exact) mass is 242 g/mol. The minimum atomic E-state index is -0.597. The van der Waals surface area contributed by atoms with Crippen molar-refractivity contribution in [1.29, 1.82) is 0 Å². The molecule has 0 aliphatic heterocycles. The first-order chi connectivity index (χ1) is 7.36. The van der Waals surface area contributed by atoms with Crippen molar-refractivity contribution < 1.29 is 4.39 Å². The van der Waals surface area contributed by atoms with E-state index in [9.17, 15) is 4.39 Å². The zero-order valence-corrected chi connectivity index (χ0v) is 10.2. The molecule has 2 atom stereocenters. The number of benzene rings is 1. The molecule has 0 heterocycles. The Bertz CT molecular complexity index is 289. The second-order valence-electron chi connectivity index (χ2n) is 3.83. The molecule has 0 amide bonds. The largest absolute Gasteiger partial charge is 0.246 e. The third kappa shape index (κ3) is 3.42. The summed E-state index contributed by atoms with van der Waals surface area (Å²) in [7, 11) is 3.41. The van der Waals surface area contributed by atoms with E-state index in [4.69, 9.17) is 0 Å². The highest BCUT2D eigenvalue weighted by atomic mass is 33.1. The van der Waals surface area contributed by atoms with Crippen LogP contribution < -0.4 is 0 Å². The molecular weight excluding hydrogens is 227 g/mol. The molecule has 1 aliphatic rings. The standard InChI is InChI=1S/C12H15FS2/c13-11-8-4-5-9-12(11)15-14-10-6-2-1-3-7-10/h1-3,6-7,11-12H,4-5,8-9H2. The smallest absolute Gasteiger partial charge is 0.113 e. The summed E-state index contributed by atoms with van der Waals surface area (Å²) in [6, 6.07) is 10.2. The molecule has 0 N–H and O–H groups in total. The van der Waals surface area contributed by atoms with Crippen molar-refractivity contribution in [2.75, 3.05) is 0 Å². The Balaban J connectivity index is 1.82. The van der Waals surface area contributed by atoms with Crippen LogP contribution in [-0.2, 0) is 0 Å². The molecule has 0 bridgehead atoms. The van der Waals surface area contributed by atoms with Crippen molar-refractivity contribution in [1.82, 2.24) is 0 Å². The first-order valence-electron chi connectivity index (χ1n) is 5.39. The van der Waals surface area contributed by atoms with Crippen LogP contribution in [0.15, 0.2) is 35.2 Å². The lowest BCUT2D eigenvalue weighted by molar-refractivity contribution is 0.261. The van der Waals surface area contributed by atoms with Crippen LogP contribution in [-0.4, -0.2) is 11.4 Å². The van der Waals surface area contributed by atoms with Crippen molar-refractivity contribution in [3.63, 3.8) is 0 Å². The molecule has 0 saturated heterocycles. The Labute approximate surface area is 98.4 Å². The van der Waals surface area contributed by atoms with Gasteiger partial charge in [-0.25, -0.2) is 4.39 Å². The molecular formula is C12H15FS2. The molecule has 0 radical (unpaired) electrons. The predicted molar refractivity (Wildman–Crippen MR) is 67.0 cm³/mol. The topological polar surface area (TPSA) is 0 Å². The molecule has 0 nitrogen and oxygen atoms in total. The van der Waals surface area contributed by atoms with Crippen molar-refractivity contribution in [3.05, 3.63) is 30.3 Å². The summed E-state index contributed by atoms with van der Waals surface area (Å²) in [5, 5.41) is 0.198. The molecule has 1 aliphatic carbocycles. The fourth-order valence-electron chi connectivity index (χ4n) is 1.75. The van der Waals surface area contributed by atoms with Gasteiger partial charge in [0, 0.05) is 10.1 Å². The number of alkyl halides is 1. The minimum absolute atomic E-state index is 0.198. The highest BCUT2D eigenvalue weighted by Crippen LogP contribution is 2.41. The lowest BCUT2D eigenvalue weighted by atomic mass is 9.98. The average molecular weight is 242 g/mol. The Kier molecular flexibility index (Phi) is 4.39. The summed E-state index contributed by atoms with van der Waals surface area (Å²) in [6.07, 6.45) is 3.44. The summed E-state index contributed by atoms with van der Waals surface area (Å²) in [4.78, 5) is 1.22. The van der Waals surface area contributed by atoms with Crippen LogP contribution in [0.4, 0.5) is 4.39 Å². The van der Waals surface area contributed by atoms with Crippen molar-refractivity contribution in [2.45, 2.75) is 42.0 Å². The zero-order valence-electron chi connectivity index (χ0n) is 8.56. The molecule has 1 saturated carbocycles. The van der Waals surface area contributed by atoms with Crippen molar-refractivity contribution in [3.8, 4) is 0 Å². The molecule has 2 rings (SSSR count). The molecule has 2 unspecified atom stereocenters. The molecule has 1 aromatic rings. The summed E-state index contributed by atoms with van der Waals surface area (Å²) >= 11 is 0. The number of hydrogen-bond acceptors (Lipinski definition) is 2. The Morgan fingerprint density at radius 1 is 1.07 bits per heavy atom. The van der Waals surface area contributed by atoms with E-state index in [1.807, 2.05) is 18.2 Å². The van der Waals surface area contributed by atoms with Gasteiger partial charge in [0.2, 0.25) is 0 Å². The quantitative estimate of drug-likeness (QED) is 0.704. The molecule has 82 valence electrons. The molecule has 0 spiro atoms. The van der Waals surface area contributed by atoms with E-state index in [2.05, 4.69) is 12.1 Å². The van der Waals surface area contributed by atoms with Crippen LogP contribution in [0, 0.1) is 0 Å². The minimum Gasteiger partial charge on any atom is -0.246 e. The maximum Gasteiger partial charge on any atom is 0.113 e. The third-order valence-corrected chi connectivity index (χ3v) is 5.58. The fourth-order valence-corrected chi connectivity index (χ4v) is 4.46. The fraction of sp³-hybridized carbons (Fsp3) is 0.500. The van der Waals surface area contributed by atoms with Crippen LogP contribution in [0.5, 0.6) is 0 Å². The summed E-state index contributed by atoms with van der Waals surface area (Å²) in [5.74, 6) is 0. The van der Waals surface area contributed by atoms with Gasteiger partial charge in [0.1, 0.15) is 6.17 Å². The Hall–Kier alpha value is -0.150. The number of rotatable bonds is 3. The van der Waals surface area contributed by atoms with Gasteiger partial charge in [-0.05, 0) is 25.0 Å². The first kappa shape index (κ1) is 11.3. The maximum atomic E-state index is 13.5. The first-order valence-corrected chi connectivity index (χ1v) is 7.60. The van der Waals surface area contributed by atoms with Crippen LogP contribution in [0.1, 0.15) is 25.7 Å². The van der Waals surface area contributed by atoms with Crippen molar-refractivity contribution >= 4 is 21.6 Å². The van der Waals surface area contributed by atoms with E-state index in [0.29, 0.717) is 0 Å². The van der Waals surface area contributed by atoms with Gasteiger partial charge in [0.25, 0.3) is 0 Å². The lowest BCUT2D eigenvalue weighted by Crippen LogP contribution is -2.21. The van der Waals surface area contributed by atoms with E-state index < -0.39 is 6.17 Å². The second kappa shape index (κ2) is 5.80. The van der Waals surface area contributed by atoms with Gasteiger partial charge in [-0.2, -0.15) is 0 Å². The molecule has 1 fully saturated rings.